The smallest absolute Gasteiger partial charge is 0.323 e. The molecule has 5 nitrogen and oxygen atoms in total. The molecule has 0 saturated carbocycles. The summed E-state index contributed by atoms with van der Waals surface area (Å²) in [6.45, 7) is 1.55. The van der Waals surface area contributed by atoms with Crippen LogP contribution in [0.1, 0.15) is 28.4 Å². The van der Waals surface area contributed by atoms with Crippen LogP contribution in [0.3, 0.4) is 0 Å². The molecule has 0 saturated heterocycles. The van der Waals surface area contributed by atoms with Gasteiger partial charge in [-0.3, -0.25) is 9.59 Å². The van der Waals surface area contributed by atoms with Gasteiger partial charge in [-0.05, 0) is 42.3 Å². The highest BCUT2D eigenvalue weighted by Crippen LogP contribution is 2.37. The van der Waals surface area contributed by atoms with E-state index < -0.39 is 11.6 Å². The SMILES string of the molecule is CN(CC(=O)O)C(=O)c1ccc2c(c1)C[C@](C)(Cc1ccccc1F)O2. The molecule has 1 amide bonds. The number of hydrogen-bond acceptors (Lipinski definition) is 3. The Kier molecular flexibility index (Phi) is 4.68. The lowest BCUT2D eigenvalue weighted by Gasteiger charge is -2.24. The van der Waals surface area contributed by atoms with Gasteiger partial charge in [0.25, 0.3) is 5.91 Å². The number of carbonyl (C=O) groups is 2. The van der Waals surface area contributed by atoms with Crippen molar-refractivity contribution in [1.82, 2.24) is 4.90 Å². The van der Waals surface area contributed by atoms with Crippen molar-refractivity contribution < 1.29 is 23.8 Å². The van der Waals surface area contributed by atoms with E-state index in [1.807, 2.05) is 6.92 Å². The van der Waals surface area contributed by atoms with E-state index in [-0.39, 0.29) is 18.3 Å². The average molecular weight is 357 g/mol. The van der Waals surface area contributed by atoms with E-state index in [4.69, 9.17) is 9.84 Å². The number of hydrogen-bond donors (Lipinski definition) is 1. The van der Waals surface area contributed by atoms with Crippen LogP contribution in [0.5, 0.6) is 5.75 Å². The Morgan fingerprint density at radius 1 is 1.27 bits per heavy atom. The molecule has 0 radical (unpaired) electrons. The van der Waals surface area contributed by atoms with Gasteiger partial charge in [0.1, 0.15) is 23.7 Å². The molecule has 1 aliphatic rings. The minimum absolute atomic E-state index is 0.264. The Hall–Kier alpha value is -2.89. The van der Waals surface area contributed by atoms with Gasteiger partial charge in [-0.15, -0.1) is 0 Å². The summed E-state index contributed by atoms with van der Waals surface area (Å²) in [5.41, 5.74) is 1.25. The van der Waals surface area contributed by atoms with Gasteiger partial charge < -0.3 is 14.7 Å². The van der Waals surface area contributed by atoms with Crippen LogP contribution < -0.4 is 4.74 Å². The van der Waals surface area contributed by atoms with E-state index in [9.17, 15) is 14.0 Å². The number of amides is 1. The zero-order valence-corrected chi connectivity index (χ0v) is 14.7. The van der Waals surface area contributed by atoms with Crippen molar-refractivity contribution in [2.24, 2.45) is 0 Å². The molecule has 0 aromatic heterocycles. The van der Waals surface area contributed by atoms with Crippen LogP contribution in [0.4, 0.5) is 4.39 Å². The fourth-order valence-electron chi connectivity index (χ4n) is 3.29. The minimum Gasteiger partial charge on any atom is -0.487 e. The maximum atomic E-state index is 14.0. The summed E-state index contributed by atoms with van der Waals surface area (Å²) in [7, 11) is 1.45. The van der Waals surface area contributed by atoms with Crippen molar-refractivity contribution in [2.75, 3.05) is 13.6 Å². The van der Waals surface area contributed by atoms with Gasteiger partial charge in [0.05, 0.1) is 0 Å². The van der Waals surface area contributed by atoms with Gasteiger partial charge in [-0.2, -0.15) is 0 Å². The summed E-state index contributed by atoms with van der Waals surface area (Å²) in [4.78, 5) is 24.3. The molecule has 3 rings (SSSR count). The highest BCUT2D eigenvalue weighted by molar-refractivity contribution is 5.96. The second-order valence-electron chi connectivity index (χ2n) is 6.87. The van der Waals surface area contributed by atoms with Gasteiger partial charge in [0.15, 0.2) is 0 Å². The Bertz CT molecular complexity index is 867. The summed E-state index contributed by atoms with van der Waals surface area (Å²) in [6, 6.07) is 11.7. The van der Waals surface area contributed by atoms with E-state index >= 15 is 0 Å². The first-order valence-corrected chi connectivity index (χ1v) is 8.30. The average Bonchev–Trinajstić information content (AvgIpc) is 2.90. The predicted molar refractivity (Wildman–Crippen MR) is 93.9 cm³/mol. The first-order chi connectivity index (χ1) is 12.3. The van der Waals surface area contributed by atoms with Crippen molar-refractivity contribution in [2.45, 2.75) is 25.4 Å². The van der Waals surface area contributed by atoms with Crippen LogP contribution in [0, 0.1) is 5.82 Å². The molecule has 2 aromatic carbocycles. The van der Waals surface area contributed by atoms with E-state index in [1.165, 1.54) is 13.1 Å². The summed E-state index contributed by atoms with van der Waals surface area (Å²) in [5, 5.41) is 8.82. The molecule has 0 fully saturated rings. The Labute approximate surface area is 151 Å². The Morgan fingerprint density at radius 3 is 2.69 bits per heavy atom. The highest BCUT2D eigenvalue weighted by atomic mass is 19.1. The summed E-state index contributed by atoms with van der Waals surface area (Å²) in [6.07, 6.45) is 0.955. The number of nitrogens with zero attached hydrogens (tertiary/aromatic N) is 1. The molecule has 1 aliphatic heterocycles. The van der Waals surface area contributed by atoms with E-state index in [0.717, 1.165) is 10.5 Å². The maximum Gasteiger partial charge on any atom is 0.323 e. The Morgan fingerprint density at radius 2 is 2.00 bits per heavy atom. The van der Waals surface area contributed by atoms with Gasteiger partial charge in [-0.1, -0.05) is 18.2 Å². The quantitative estimate of drug-likeness (QED) is 0.893. The predicted octanol–water partition coefficient (Wildman–Crippen LogP) is 2.92. The molecule has 0 bridgehead atoms. The number of fused-ring (bicyclic) bond motifs is 1. The van der Waals surface area contributed by atoms with Gasteiger partial charge >= 0.3 is 5.97 Å². The summed E-state index contributed by atoms with van der Waals surface area (Å²) >= 11 is 0. The second-order valence-corrected chi connectivity index (χ2v) is 6.87. The largest absolute Gasteiger partial charge is 0.487 e. The number of halogens is 1. The van der Waals surface area contributed by atoms with Crippen LogP contribution in [0.15, 0.2) is 42.5 Å². The monoisotopic (exact) mass is 357 g/mol. The van der Waals surface area contributed by atoms with Crippen molar-refractivity contribution in [3.8, 4) is 5.75 Å². The van der Waals surface area contributed by atoms with Crippen LogP contribution in [0.2, 0.25) is 0 Å². The topological polar surface area (TPSA) is 66.8 Å². The van der Waals surface area contributed by atoms with Crippen LogP contribution in [-0.2, 0) is 17.6 Å². The lowest BCUT2D eigenvalue weighted by molar-refractivity contribution is -0.137. The Balaban J connectivity index is 1.78. The third-order valence-electron chi connectivity index (χ3n) is 4.47. The number of likely N-dealkylation sites (N-methyl/N-ethyl adjacent to an activating group) is 1. The van der Waals surface area contributed by atoms with Gasteiger partial charge in [0.2, 0.25) is 0 Å². The van der Waals surface area contributed by atoms with Gasteiger partial charge in [0, 0.05) is 25.5 Å². The highest BCUT2D eigenvalue weighted by Gasteiger charge is 2.36. The van der Waals surface area contributed by atoms with Crippen molar-refractivity contribution in [3.05, 3.63) is 65.0 Å². The first kappa shape index (κ1) is 17.9. The molecular formula is C20H20FNO4. The molecule has 1 N–H and O–H groups in total. The van der Waals surface area contributed by atoms with Crippen molar-refractivity contribution in [3.63, 3.8) is 0 Å². The maximum absolute atomic E-state index is 14.0. The molecule has 2 aromatic rings. The molecule has 26 heavy (non-hydrogen) atoms. The normalized spacial score (nSPS) is 18.1. The lowest BCUT2D eigenvalue weighted by Crippen LogP contribution is -2.33. The number of aliphatic carboxylic acids is 1. The molecule has 1 heterocycles. The standard InChI is InChI=1S/C20H20FNO4/c1-20(10-14-5-3-4-6-16(14)21)11-15-9-13(7-8-17(15)26-20)19(25)22(2)12-18(23)24/h3-9H,10-12H2,1-2H3,(H,23,24)/t20-/m0/s1. The third kappa shape index (κ3) is 3.69. The minimum atomic E-state index is -1.07. The zero-order valence-electron chi connectivity index (χ0n) is 14.7. The molecule has 6 heteroatoms. The molecule has 1 atom stereocenters. The molecular weight excluding hydrogens is 337 g/mol. The molecule has 0 aliphatic carbocycles. The fraction of sp³-hybridized carbons (Fsp3) is 0.300. The van der Waals surface area contributed by atoms with Crippen LogP contribution in [0.25, 0.3) is 0 Å². The number of carbonyl (C=O) groups excluding carboxylic acids is 1. The van der Waals surface area contributed by atoms with E-state index in [0.29, 0.717) is 29.7 Å². The molecule has 0 unspecified atom stereocenters. The fourth-order valence-corrected chi connectivity index (χ4v) is 3.29. The van der Waals surface area contributed by atoms with E-state index in [1.54, 1.807) is 36.4 Å². The van der Waals surface area contributed by atoms with Crippen LogP contribution in [-0.4, -0.2) is 41.1 Å². The van der Waals surface area contributed by atoms with Crippen molar-refractivity contribution in [1.29, 1.82) is 0 Å². The van der Waals surface area contributed by atoms with Crippen molar-refractivity contribution >= 4 is 11.9 Å². The number of ether oxygens (including phenoxy) is 1. The third-order valence-corrected chi connectivity index (χ3v) is 4.47. The lowest BCUT2D eigenvalue weighted by atomic mass is 9.91. The number of benzene rings is 2. The summed E-state index contributed by atoms with van der Waals surface area (Å²) in [5.74, 6) is -1.03. The van der Waals surface area contributed by atoms with Gasteiger partial charge in [-0.25, -0.2) is 4.39 Å². The number of carboxylic acid groups (broad SMARTS) is 1. The van der Waals surface area contributed by atoms with Crippen LogP contribution >= 0.6 is 0 Å². The zero-order chi connectivity index (χ0) is 18.9. The first-order valence-electron chi connectivity index (χ1n) is 8.30. The number of carboxylic acids is 1. The summed E-state index contributed by atoms with van der Waals surface area (Å²) < 4.78 is 20.0. The molecule has 0 spiro atoms. The molecule has 136 valence electrons. The van der Waals surface area contributed by atoms with E-state index in [2.05, 4.69) is 0 Å². The number of rotatable bonds is 5. The second kappa shape index (κ2) is 6.78.